The molecule has 1 amide bonds. The zero-order valence-electron chi connectivity index (χ0n) is 16.3. The average molecular weight is 423 g/mol. The molecule has 0 bridgehead atoms. The monoisotopic (exact) mass is 423 g/mol. The molecule has 3 aromatic rings. The Balaban J connectivity index is 1.18. The van der Waals surface area contributed by atoms with Crippen molar-refractivity contribution in [2.75, 3.05) is 11.1 Å². The number of ether oxygens (including phenoxy) is 2. The molecule has 1 aliphatic carbocycles. The molecule has 154 valence electrons. The third-order valence-corrected chi connectivity index (χ3v) is 6.15. The molecule has 0 atom stereocenters. The molecule has 9 heteroatoms. The summed E-state index contributed by atoms with van der Waals surface area (Å²) >= 11 is 1.30. The smallest absolute Gasteiger partial charge is 0.251 e. The highest BCUT2D eigenvalue weighted by molar-refractivity contribution is 7.99. The van der Waals surface area contributed by atoms with Crippen molar-refractivity contribution in [3.63, 3.8) is 0 Å². The van der Waals surface area contributed by atoms with Gasteiger partial charge in [-0.15, -0.1) is 5.10 Å². The fourth-order valence-electron chi connectivity index (χ4n) is 3.77. The van der Waals surface area contributed by atoms with E-state index in [0.29, 0.717) is 23.1 Å². The van der Waals surface area contributed by atoms with E-state index in [1.807, 2.05) is 48.5 Å². The summed E-state index contributed by atoms with van der Waals surface area (Å²) in [6.07, 6.45) is 4.02. The molecule has 1 saturated carbocycles. The normalized spacial score (nSPS) is 16.1. The highest BCUT2D eigenvalue weighted by Gasteiger charge is 2.44. The maximum absolute atomic E-state index is 12.4. The summed E-state index contributed by atoms with van der Waals surface area (Å²) in [5, 5.41) is 15.3. The van der Waals surface area contributed by atoms with Crippen LogP contribution in [0.1, 0.15) is 31.2 Å². The lowest BCUT2D eigenvalue weighted by atomic mass is 10.2. The van der Waals surface area contributed by atoms with Crippen molar-refractivity contribution in [1.29, 1.82) is 0 Å². The molecule has 1 aliphatic heterocycles. The van der Waals surface area contributed by atoms with Gasteiger partial charge >= 0.3 is 0 Å². The molecular formula is C21H21N5O3S. The first-order valence-corrected chi connectivity index (χ1v) is 10.9. The molecule has 5 rings (SSSR count). The number of thioether (sulfide) groups is 1. The SMILES string of the molecule is O=C(CSc1nnnn1Cc1ccccc1)Nc1ccc2c(c1)OC1(CCCC1)O2. The minimum atomic E-state index is -0.503. The van der Waals surface area contributed by atoms with Crippen molar-refractivity contribution in [2.24, 2.45) is 0 Å². The Kier molecular flexibility index (Phi) is 5.04. The van der Waals surface area contributed by atoms with E-state index in [9.17, 15) is 4.79 Å². The van der Waals surface area contributed by atoms with E-state index < -0.39 is 5.79 Å². The number of carbonyl (C=O) groups is 1. The van der Waals surface area contributed by atoms with Crippen LogP contribution in [0.15, 0.2) is 53.7 Å². The summed E-state index contributed by atoms with van der Waals surface area (Å²) in [5.41, 5.74) is 1.78. The van der Waals surface area contributed by atoms with E-state index in [0.717, 1.165) is 37.0 Å². The Morgan fingerprint density at radius 1 is 1.10 bits per heavy atom. The molecule has 2 heterocycles. The van der Waals surface area contributed by atoms with Crippen molar-refractivity contribution in [1.82, 2.24) is 20.2 Å². The van der Waals surface area contributed by atoms with Crippen LogP contribution in [-0.2, 0) is 11.3 Å². The Morgan fingerprint density at radius 2 is 1.90 bits per heavy atom. The molecule has 8 nitrogen and oxygen atoms in total. The zero-order valence-corrected chi connectivity index (χ0v) is 17.1. The Morgan fingerprint density at radius 3 is 2.73 bits per heavy atom. The van der Waals surface area contributed by atoms with Gasteiger partial charge in [0.25, 0.3) is 5.79 Å². The van der Waals surface area contributed by atoms with Gasteiger partial charge in [-0.2, -0.15) is 0 Å². The highest BCUT2D eigenvalue weighted by Crippen LogP contribution is 2.47. The zero-order chi connectivity index (χ0) is 20.4. The van der Waals surface area contributed by atoms with Gasteiger partial charge in [-0.3, -0.25) is 4.79 Å². The van der Waals surface area contributed by atoms with Crippen molar-refractivity contribution < 1.29 is 14.3 Å². The topological polar surface area (TPSA) is 91.2 Å². The number of hydrogen-bond acceptors (Lipinski definition) is 7. The molecule has 0 radical (unpaired) electrons. The van der Waals surface area contributed by atoms with E-state index in [1.165, 1.54) is 11.8 Å². The number of amides is 1. The molecule has 0 saturated heterocycles. The molecule has 30 heavy (non-hydrogen) atoms. The van der Waals surface area contributed by atoms with Crippen LogP contribution in [0.25, 0.3) is 0 Å². The first-order valence-electron chi connectivity index (χ1n) is 9.94. The molecule has 2 aliphatic rings. The van der Waals surface area contributed by atoms with Gasteiger partial charge in [0, 0.05) is 24.6 Å². The van der Waals surface area contributed by atoms with Gasteiger partial charge in [0.2, 0.25) is 11.1 Å². The first kappa shape index (κ1) is 18.9. The van der Waals surface area contributed by atoms with Crippen LogP contribution >= 0.6 is 11.8 Å². The second kappa shape index (κ2) is 7.98. The lowest BCUT2D eigenvalue weighted by molar-refractivity contribution is -0.113. The third-order valence-electron chi connectivity index (χ3n) is 5.19. The molecule has 0 unspecified atom stereocenters. The Bertz CT molecular complexity index is 1050. The first-order chi connectivity index (χ1) is 14.7. The minimum Gasteiger partial charge on any atom is -0.448 e. The fraction of sp³-hybridized carbons (Fsp3) is 0.333. The van der Waals surface area contributed by atoms with Gasteiger partial charge < -0.3 is 14.8 Å². The number of hydrogen-bond donors (Lipinski definition) is 1. The summed E-state index contributed by atoms with van der Waals surface area (Å²) in [6.45, 7) is 0.557. The van der Waals surface area contributed by atoms with Crippen LogP contribution in [0.4, 0.5) is 5.69 Å². The van der Waals surface area contributed by atoms with Crippen LogP contribution in [0.3, 0.4) is 0 Å². The third kappa shape index (κ3) is 3.97. The van der Waals surface area contributed by atoms with Gasteiger partial charge in [-0.05, 0) is 41.0 Å². The number of nitrogens with zero attached hydrogens (tertiary/aromatic N) is 4. The number of tetrazole rings is 1. The van der Waals surface area contributed by atoms with Crippen LogP contribution in [0, 0.1) is 0 Å². The standard InChI is InChI=1S/C21H21N5O3S/c27-19(14-30-20-23-24-25-26(20)13-15-6-2-1-3-7-15)22-16-8-9-17-18(12-16)29-21(28-17)10-4-5-11-21/h1-3,6-9,12H,4-5,10-11,13-14H2,(H,22,27). The van der Waals surface area contributed by atoms with E-state index in [2.05, 4.69) is 20.8 Å². The van der Waals surface area contributed by atoms with Crippen LogP contribution in [-0.4, -0.2) is 37.7 Å². The van der Waals surface area contributed by atoms with Crippen molar-refractivity contribution >= 4 is 23.4 Å². The molecular weight excluding hydrogens is 402 g/mol. The second-order valence-corrected chi connectivity index (χ2v) is 8.37. The van der Waals surface area contributed by atoms with Gasteiger partial charge in [0.05, 0.1) is 12.3 Å². The predicted molar refractivity (Wildman–Crippen MR) is 112 cm³/mol. The number of nitrogens with one attached hydrogen (secondary N) is 1. The van der Waals surface area contributed by atoms with Crippen LogP contribution < -0.4 is 14.8 Å². The summed E-state index contributed by atoms with van der Waals surface area (Å²) in [5.74, 6) is 0.992. The lowest BCUT2D eigenvalue weighted by Crippen LogP contribution is -2.34. The molecule has 2 aromatic carbocycles. The molecule has 1 spiro atoms. The van der Waals surface area contributed by atoms with Crippen LogP contribution in [0.2, 0.25) is 0 Å². The quantitative estimate of drug-likeness (QED) is 0.607. The number of rotatable bonds is 6. The number of benzene rings is 2. The maximum Gasteiger partial charge on any atom is 0.251 e. The number of anilines is 1. The van der Waals surface area contributed by atoms with E-state index >= 15 is 0 Å². The molecule has 1 aromatic heterocycles. The Hall–Kier alpha value is -3.07. The lowest BCUT2D eigenvalue weighted by Gasteiger charge is -2.21. The Labute approximate surface area is 177 Å². The molecule has 1 fully saturated rings. The van der Waals surface area contributed by atoms with Crippen molar-refractivity contribution in [2.45, 2.75) is 43.2 Å². The van der Waals surface area contributed by atoms with Gasteiger partial charge in [-0.25, -0.2) is 4.68 Å². The number of aromatic nitrogens is 4. The van der Waals surface area contributed by atoms with Gasteiger partial charge in [0.15, 0.2) is 11.5 Å². The van der Waals surface area contributed by atoms with Crippen molar-refractivity contribution in [3.05, 3.63) is 54.1 Å². The number of fused-ring (bicyclic) bond motifs is 1. The van der Waals surface area contributed by atoms with Gasteiger partial charge in [0.1, 0.15) is 0 Å². The fourth-order valence-corrected chi connectivity index (χ4v) is 4.45. The van der Waals surface area contributed by atoms with E-state index in [-0.39, 0.29) is 11.7 Å². The predicted octanol–water partition coefficient (Wildman–Crippen LogP) is 3.49. The highest BCUT2D eigenvalue weighted by atomic mass is 32.2. The largest absolute Gasteiger partial charge is 0.448 e. The minimum absolute atomic E-state index is 0.135. The van der Waals surface area contributed by atoms with Crippen molar-refractivity contribution in [3.8, 4) is 11.5 Å². The summed E-state index contributed by atoms with van der Waals surface area (Å²) in [6, 6.07) is 15.4. The summed E-state index contributed by atoms with van der Waals surface area (Å²) in [4.78, 5) is 12.4. The van der Waals surface area contributed by atoms with Crippen LogP contribution in [0.5, 0.6) is 11.5 Å². The van der Waals surface area contributed by atoms with E-state index in [4.69, 9.17) is 9.47 Å². The maximum atomic E-state index is 12.4. The second-order valence-electron chi connectivity index (χ2n) is 7.42. The average Bonchev–Trinajstić information content (AvgIpc) is 3.47. The van der Waals surface area contributed by atoms with Gasteiger partial charge in [-0.1, -0.05) is 42.1 Å². The summed E-state index contributed by atoms with van der Waals surface area (Å²) in [7, 11) is 0. The number of carbonyl (C=O) groups excluding carboxylic acids is 1. The van der Waals surface area contributed by atoms with E-state index in [1.54, 1.807) is 4.68 Å². The summed E-state index contributed by atoms with van der Waals surface area (Å²) < 4.78 is 13.8. The molecule has 1 N–H and O–H groups in total.